The molecule has 0 radical (unpaired) electrons. The molecular weight excluding hydrogens is 186 g/mol. The van der Waals surface area contributed by atoms with E-state index >= 15 is 0 Å². The molecular formula is C13H13NO. The Kier molecular flexibility index (Phi) is 1.28. The number of rotatable bonds is 1. The number of Topliss-reactive ketones (excluding diaryl/α,β-unsaturated/α-hetero) is 1. The van der Waals surface area contributed by atoms with Crippen LogP contribution in [0.1, 0.15) is 12.8 Å². The fraction of sp³-hybridized carbons (Fsp3) is 0.462. The molecule has 0 amide bonds. The first-order valence-corrected chi connectivity index (χ1v) is 5.75. The number of fused-ring (bicyclic) bond motifs is 5. The van der Waals surface area contributed by atoms with Crippen molar-refractivity contribution in [3.05, 3.63) is 30.3 Å². The predicted molar refractivity (Wildman–Crippen MR) is 57.7 cm³/mol. The average molecular weight is 199 g/mol. The van der Waals surface area contributed by atoms with Crippen LogP contribution in [0.4, 0.5) is 5.69 Å². The number of para-hydroxylation sites is 1. The lowest BCUT2D eigenvalue weighted by atomic mass is 10.0. The van der Waals surface area contributed by atoms with E-state index in [2.05, 4.69) is 29.2 Å². The van der Waals surface area contributed by atoms with Gasteiger partial charge in [-0.15, -0.1) is 0 Å². The van der Waals surface area contributed by atoms with Gasteiger partial charge >= 0.3 is 0 Å². The fourth-order valence-electron chi connectivity index (χ4n) is 3.67. The molecule has 2 nitrogen and oxygen atoms in total. The second-order valence-electron chi connectivity index (χ2n) is 4.92. The van der Waals surface area contributed by atoms with Gasteiger partial charge in [-0.05, 0) is 25.0 Å². The molecule has 0 aromatic heterocycles. The normalized spacial score (nSPS) is 40.8. The lowest BCUT2D eigenvalue weighted by molar-refractivity contribution is -0.122. The molecule has 3 aliphatic rings. The first kappa shape index (κ1) is 7.91. The Balaban J connectivity index is 1.69. The highest BCUT2D eigenvalue weighted by molar-refractivity contribution is 5.94. The van der Waals surface area contributed by atoms with Crippen LogP contribution in [-0.4, -0.2) is 17.9 Å². The van der Waals surface area contributed by atoms with Gasteiger partial charge < -0.3 is 4.90 Å². The SMILES string of the molecule is O=C1[C@H]2CC[C@@H]1[C@H]1[C@@H]2N1c1ccccc1. The van der Waals surface area contributed by atoms with Crippen LogP contribution in [0, 0.1) is 11.8 Å². The van der Waals surface area contributed by atoms with E-state index in [0.29, 0.717) is 29.7 Å². The van der Waals surface area contributed by atoms with Crippen LogP contribution in [0.15, 0.2) is 30.3 Å². The fourth-order valence-corrected chi connectivity index (χ4v) is 3.67. The van der Waals surface area contributed by atoms with Gasteiger partial charge in [0, 0.05) is 17.5 Å². The second-order valence-corrected chi connectivity index (χ2v) is 4.92. The summed E-state index contributed by atoms with van der Waals surface area (Å²) in [5, 5.41) is 0. The van der Waals surface area contributed by atoms with Gasteiger partial charge in [0.1, 0.15) is 5.78 Å². The molecule has 4 atom stereocenters. The Bertz CT molecular complexity index is 407. The van der Waals surface area contributed by atoms with Gasteiger partial charge in [-0.25, -0.2) is 0 Å². The summed E-state index contributed by atoms with van der Waals surface area (Å²) in [7, 11) is 0. The molecule has 0 spiro atoms. The molecule has 2 saturated carbocycles. The number of carbonyl (C=O) groups excluding carboxylic acids is 1. The van der Waals surface area contributed by atoms with Crippen molar-refractivity contribution in [2.75, 3.05) is 4.90 Å². The maximum Gasteiger partial charge on any atom is 0.143 e. The molecule has 1 aliphatic heterocycles. The first-order valence-electron chi connectivity index (χ1n) is 5.75. The zero-order chi connectivity index (χ0) is 9.99. The van der Waals surface area contributed by atoms with Crippen LogP contribution >= 0.6 is 0 Å². The Hall–Kier alpha value is -1.31. The van der Waals surface area contributed by atoms with Gasteiger partial charge in [-0.1, -0.05) is 18.2 Å². The molecule has 1 heterocycles. The molecule has 2 heteroatoms. The van der Waals surface area contributed by atoms with Gasteiger partial charge in [-0.2, -0.15) is 0 Å². The maximum atomic E-state index is 11.8. The summed E-state index contributed by atoms with van der Waals surface area (Å²) in [4.78, 5) is 14.2. The number of hydrogen-bond acceptors (Lipinski definition) is 2. The molecule has 1 aromatic rings. The minimum Gasteiger partial charge on any atom is -0.360 e. The van der Waals surface area contributed by atoms with E-state index in [1.165, 1.54) is 5.69 Å². The number of piperidine rings is 1. The highest BCUT2D eigenvalue weighted by atomic mass is 16.1. The van der Waals surface area contributed by atoms with E-state index in [9.17, 15) is 4.79 Å². The smallest absolute Gasteiger partial charge is 0.143 e. The molecule has 76 valence electrons. The van der Waals surface area contributed by atoms with E-state index in [4.69, 9.17) is 0 Å². The van der Waals surface area contributed by atoms with E-state index < -0.39 is 0 Å². The van der Waals surface area contributed by atoms with Crippen molar-refractivity contribution in [3.8, 4) is 0 Å². The van der Waals surface area contributed by atoms with Crippen LogP contribution in [0.2, 0.25) is 0 Å². The molecule has 1 aromatic carbocycles. The van der Waals surface area contributed by atoms with E-state index in [1.807, 2.05) is 6.07 Å². The zero-order valence-corrected chi connectivity index (χ0v) is 8.47. The van der Waals surface area contributed by atoms with E-state index in [1.54, 1.807) is 0 Å². The monoisotopic (exact) mass is 199 g/mol. The summed E-state index contributed by atoms with van der Waals surface area (Å²) < 4.78 is 0. The Labute approximate surface area is 88.9 Å². The van der Waals surface area contributed by atoms with E-state index in [0.717, 1.165) is 12.8 Å². The molecule has 15 heavy (non-hydrogen) atoms. The second kappa shape index (κ2) is 2.43. The van der Waals surface area contributed by atoms with Gasteiger partial charge in [0.2, 0.25) is 0 Å². The van der Waals surface area contributed by atoms with Crippen LogP contribution < -0.4 is 4.90 Å². The molecule has 0 N–H and O–H groups in total. The number of hydrogen-bond donors (Lipinski definition) is 0. The summed E-state index contributed by atoms with van der Waals surface area (Å²) >= 11 is 0. The minimum atomic E-state index is 0.361. The third-order valence-corrected chi connectivity index (χ3v) is 4.30. The molecule has 0 unspecified atom stereocenters. The highest BCUT2D eigenvalue weighted by Crippen LogP contribution is 2.57. The lowest BCUT2D eigenvalue weighted by Crippen LogP contribution is -2.20. The molecule has 2 bridgehead atoms. The first-order chi connectivity index (χ1) is 7.38. The number of nitrogens with zero attached hydrogens (tertiary/aromatic N) is 1. The number of carbonyl (C=O) groups is 1. The van der Waals surface area contributed by atoms with Crippen LogP contribution in [0.5, 0.6) is 0 Å². The van der Waals surface area contributed by atoms with Crippen molar-refractivity contribution in [3.63, 3.8) is 0 Å². The van der Waals surface area contributed by atoms with Gasteiger partial charge in [-0.3, -0.25) is 4.79 Å². The zero-order valence-electron chi connectivity index (χ0n) is 8.47. The minimum absolute atomic E-state index is 0.361. The molecule has 4 rings (SSSR count). The Morgan fingerprint density at radius 1 is 1.00 bits per heavy atom. The third kappa shape index (κ3) is 0.834. The van der Waals surface area contributed by atoms with Gasteiger partial charge in [0.25, 0.3) is 0 Å². The van der Waals surface area contributed by atoms with Crippen molar-refractivity contribution in [1.29, 1.82) is 0 Å². The van der Waals surface area contributed by atoms with Gasteiger partial charge in [0.15, 0.2) is 0 Å². The van der Waals surface area contributed by atoms with E-state index in [-0.39, 0.29) is 0 Å². The molecule has 3 fully saturated rings. The van der Waals surface area contributed by atoms with Crippen molar-refractivity contribution in [2.24, 2.45) is 11.8 Å². The van der Waals surface area contributed by atoms with Crippen LogP contribution in [-0.2, 0) is 4.79 Å². The molecule has 1 saturated heterocycles. The maximum absolute atomic E-state index is 11.8. The quantitative estimate of drug-likeness (QED) is 0.643. The standard InChI is InChI=1S/C13H13NO/c15-13-9-6-7-10(13)12-11(9)14(12)8-4-2-1-3-5-8/h1-5,9-12H,6-7H2/t9-,10+,11+,12-,14?. The Morgan fingerprint density at radius 2 is 1.60 bits per heavy atom. The number of benzene rings is 1. The third-order valence-electron chi connectivity index (χ3n) is 4.30. The van der Waals surface area contributed by atoms with Crippen molar-refractivity contribution in [1.82, 2.24) is 0 Å². The number of ketones is 1. The summed E-state index contributed by atoms with van der Waals surface area (Å²) in [6, 6.07) is 11.6. The van der Waals surface area contributed by atoms with Crippen molar-refractivity contribution in [2.45, 2.75) is 24.9 Å². The average Bonchev–Trinajstić information content (AvgIpc) is 2.87. The summed E-state index contributed by atoms with van der Waals surface area (Å²) in [6.07, 6.45) is 2.27. The molecule has 2 aliphatic carbocycles. The van der Waals surface area contributed by atoms with Gasteiger partial charge in [0.05, 0.1) is 12.1 Å². The number of anilines is 1. The van der Waals surface area contributed by atoms with Crippen LogP contribution in [0.3, 0.4) is 0 Å². The largest absolute Gasteiger partial charge is 0.360 e. The predicted octanol–water partition coefficient (Wildman–Crippen LogP) is 1.85. The summed E-state index contributed by atoms with van der Waals surface area (Å²) in [5.74, 6) is 1.28. The topological polar surface area (TPSA) is 20.1 Å². The highest BCUT2D eigenvalue weighted by Gasteiger charge is 2.68. The summed E-state index contributed by atoms with van der Waals surface area (Å²) in [6.45, 7) is 0. The lowest BCUT2D eigenvalue weighted by Gasteiger charge is -2.12. The van der Waals surface area contributed by atoms with Crippen molar-refractivity contribution < 1.29 is 4.79 Å². The van der Waals surface area contributed by atoms with Crippen LogP contribution in [0.25, 0.3) is 0 Å². The van der Waals surface area contributed by atoms with Crippen molar-refractivity contribution >= 4 is 11.5 Å². The summed E-state index contributed by atoms with van der Waals surface area (Å²) in [5.41, 5.74) is 1.30. The Morgan fingerprint density at radius 3 is 2.20 bits per heavy atom.